The minimum atomic E-state index is -2.10. The lowest BCUT2D eigenvalue weighted by molar-refractivity contribution is -0.385. The summed E-state index contributed by atoms with van der Waals surface area (Å²) < 4.78 is 60.3. The maximum Gasteiger partial charge on any atom is 0.187 e. The van der Waals surface area contributed by atoms with Crippen LogP contribution in [0.25, 0.3) is 0 Å². The molecule has 6 aliphatic rings. The third kappa shape index (κ3) is 11.4. The number of ether oxygens (including phenoxy) is 11. The van der Waals surface area contributed by atoms with E-state index in [4.69, 9.17) is 52.1 Å². The number of hydrogen-bond acceptors (Lipinski definition) is 31. The molecule has 0 unspecified atom stereocenters. The van der Waals surface area contributed by atoms with E-state index in [0.29, 0.717) is 0 Å². The summed E-state index contributed by atoms with van der Waals surface area (Å²) in [6, 6.07) is 0. The largest absolute Gasteiger partial charge is 0.394 e. The molecule has 31 heteroatoms. The Morgan fingerprint density at radius 3 is 0.896 bits per heavy atom. The highest BCUT2D eigenvalue weighted by Gasteiger charge is 2.56. The zero-order valence-electron chi connectivity index (χ0n) is 35.0. The third-order valence-electron chi connectivity index (χ3n) is 12.4. The Balaban J connectivity index is 1.05. The molecule has 67 heavy (non-hydrogen) atoms. The molecule has 6 aliphatic heterocycles. The van der Waals surface area contributed by atoms with E-state index >= 15 is 0 Å². The summed E-state index contributed by atoms with van der Waals surface area (Å²) in [4.78, 5) is 0. The molecule has 20 N–H and O–H groups in total. The average molecular weight is 991 g/mol. The zero-order chi connectivity index (χ0) is 49.3. The first kappa shape index (κ1) is 55.1. The van der Waals surface area contributed by atoms with Crippen LogP contribution in [-0.2, 0) is 52.1 Å². The quantitative estimate of drug-likeness (QED) is 0.0683. The van der Waals surface area contributed by atoms with E-state index in [-0.39, 0.29) is 0 Å². The summed E-state index contributed by atoms with van der Waals surface area (Å²) in [7, 11) is 0. The maximum absolute atomic E-state index is 11.1. The minimum absolute atomic E-state index is 0.825. The second-order valence-corrected chi connectivity index (χ2v) is 16.8. The average Bonchev–Trinajstić information content (AvgIpc) is 3.32. The molecule has 31 nitrogen and oxygen atoms in total. The molecule has 0 aliphatic carbocycles. The summed E-state index contributed by atoms with van der Waals surface area (Å²) in [5, 5.41) is 209. The lowest BCUT2D eigenvalue weighted by atomic mass is 9.96. The highest BCUT2D eigenvalue weighted by Crippen LogP contribution is 2.35. The van der Waals surface area contributed by atoms with Crippen molar-refractivity contribution in [3.05, 3.63) is 0 Å². The molecular weight excluding hydrogens is 928 g/mol. The summed E-state index contributed by atoms with van der Waals surface area (Å²) in [6.07, 6.45) is -56.0. The zero-order valence-corrected chi connectivity index (χ0v) is 35.0. The Labute approximate surface area is 378 Å². The van der Waals surface area contributed by atoms with E-state index < -0.39 is 224 Å². The molecule has 0 bridgehead atoms. The van der Waals surface area contributed by atoms with Gasteiger partial charge in [0.1, 0.15) is 146 Å². The first-order valence-electron chi connectivity index (χ1n) is 21.1. The van der Waals surface area contributed by atoms with Gasteiger partial charge in [0.2, 0.25) is 0 Å². The van der Waals surface area contributed by atoms with Crippen molar-refractivity contribution in [3.63, 3.8) is 0 Å². The van der Waals surface area contributed by atoms with Crippen LogP contribution in [0.1, 0.15) is 0 Å². The van der Waals surface area contributed by atoms with Gasteiger partial charge < -0.3 is 154 Å². The van der Waals surface area contributed by atoms with Crippen molar-refractivity contribution in [2.45, 2.75) is 184 Å². The molecule has 6 heterocycles. The van der Waals surface area contributed by atoms with Crippen molar-refractivity contribution in [2.24, 2.45) is 0 Å². The molecule has 0 aromatic heterocycles. The minimum Gasteiger partial charge on any atom is -0.394 e. The molecule has 0 aromatic carbocycles. The summed E-state index contributed by atoms with van der Waals surface area (Å²) >= 11 is 0. The van der Waals surface area contributed by atoms with Crippen molar-refractivity contribution < 1.29 is 154 Å². The number of aliphatic hydroxyl groups excluding tert-OH is 20. The highest BCUT2D eigenvalue weighted by molar-refractivity contribution is 4.99. The Kier molecular flexibility index (Phi) is 19.4. The van der Waals surface area contributed by atoms with Crippen LogP contribution in [-0.4, -0.2) is 326 Å². The lowest BCUT2D eigenvalue weighted by Gasteiger charge is -2.48. The SMILES string of the molecule is OC[C@H]1O[C@H](O[C@H]2[C@H](O)[C@@H](O)[C@@H](O[C@H]3[C@H](O)[C@@H](O)[C@@H](OC[C@H]4O[C@H](O[C@H]5[C@H](O)[C@@H](O)[C@@H](O[C@H]6[C@H](O)[C@@H](O)[C@@H](O)O[C@@H]6CO)O[C@@H]5CO)[C@H](O)[C@@H](O)[C@@H]4O)O[C@@H]3CO)O[C@@H]2CO)[C@H](O)[C@@H](O)[C@@H]1O. The maximum atomic E-state index is 11.1. The third-order valence-corrected chi connectivity index (χ3v) is 12.4. The van der Waals surface area contributed by atoms with Gasteiger partial charge in [-0.15, -0.1) is 0 Å². The number of hydrogen-bond donors (Lipinski definition) is 20. The first-order chi connectivity index (χ1) is 31.7. The molecule has 0 radical (unpaired) electrons. The monoisotopic (exact) mass is 990 g/mol. The van der Waals surface area contributed by atoms with Crippen LogP contribution < -0.4 is 0 Å². The van der Waals surface area contributed by atoms with Crippen molar-refractivity contribution in [3.8, 4) is 0 Å². The van der Waals surface area contributed by atoms with E-state index in [0.717, 1.165) is 0 Å². The van der Waals surface area contributed by atoms with E-state index in [9.17, 15) is 102 Å². The van der Waals surface area contributed by atoms with Crippen LogP contribution in [0.4, 0.5) is 0 Å². The second-order valence-electron chi connectivity index (χ2n) is 16.8. The molecule has 0 amide bonds. The molecule has 6 rings (SSSR count). The van der Waals surface area contributed by atoms with Crippen LogP contribution in [0.3, 0.4) is 0 Å². The summed E-state index contributed by atoms with van der Waals surface area (Å²) in [6.45, 7) is -5.44. The molecule has 0 aromatic rings. The Hall–Kier alpha value is -1.24. The van der Waals surface area contributed by atoms with E-state index in [2.05, 4.69) is 0 Å². The number of aliphatic hydroxyl groups is 20. The van der Waals surface area contributed by atoms with Gasteiger partial charge in [-0.1, -0.05) is 0 Å². The molecular formula is C36H62O31. The predicted molar refractivity (Wildman–Crippen MR) is 199 cm³/mol. The van der Waals surface area contributed by atoms with Crippen LogP contribution in [0.2, 0.25) is 0 Å². The van der Waals surface area contributed by atoms with E-state index in [1.165, 1.54) is 0 Å². The van der Waals surface area contributed by atoms with Crippen molar-refractivity contribution >= 4 is 0 Å². The van der Waals surface area contributed by atoms with Crippen molar-refractivity contribution in [1.82, 2.24) is 0 Å². The normalized spacial score (nSPS) is 53.4. The Bertz CT molecular complexity index is 1500. The number of rotatable bonds is 16. The van der Waals surface area contributed by atoms with Gasteiger partial charge in [0.25, 0.3) is 0 Å². The lowest BCUT2D eigenvalue weighted by Crippen LogP contribution is -2.67. The molecule has 0 saturated carbocycles. The van der Waals surface area contributed by atoms with Crippen LogP contribution in [0.5, 0.6) is 0 Å². The summed E-state index contributed by atoms with van der Waals surface area (Å²) in [5.41, 5.74) is 0. The molecule has 0 spiro atoms. The van der Waals surface area contributed by atoms with Gasteiger partial charge >= 0.3 is 0 Å². The van der Waals surface area contributed by atoms with Gasteiger partial charge in [-0.3, -0.25) is 0 Å². The van der Waals surface area contributed by atoms with E-state index in [1.54, 1.807) is 0 Å². The van der Waals surface area contributed by atoms with Gasteiger partial charge in [0.05, 0.1) is 39.6 Å². The Morgan fingerprint density at radius 2 is 0.522 bits per heavy atom. The highest BCUT2D eigenvalue weighted by atomic mass is 16.8. The van der Waals surface area contributed by atoms with Gasteiger partial charge in [0.15, 0.2) is 37.7 Å². The van der Waals surface area contributed by atoms with Crippen molar-refractivity contribution in [1.29, 1.82) is 0 Å². The van der Waals surface area contributed by atoms with Crippen molar-refractivity contribution in [2.75, 3.05) is 39.6 Å². The van der Waals surface area contributed by atoms with Gasteiger partial charge in [-0.25, -0.2) is 0 Å². The van der Waals surface area contributed by atoms with E-state index in [1.807, 2.05) is 0 Å². The van der Waals surface area contributed by atoms with Crippen LogP contribution in [0.15, 0.2) is 0 Å². The predicted octanol–water partition coefficient (Wildman–Crippen LogP) is -14.1. The van der Waals surface area contributed by atoms with Gasteiger partial charge in [-0.2, -0.15) is 0 Å². The molecule has 30 atom stereocenters. The molecule has 392 valence electrons. The van der Waals surface area contributed by atoms with Gasteiger partial charge in [-0.05, 0) is 0 Å². The van der Waals surface area contributed by atoms with Crippen LogP contribution >= 0.6 is 0 Å². The fraction of sp³-hybridized carbons (Fsp3) is 1.00. The smallest absolute Gasteiger partial charge is 0.187 e. The summed E-state index contributed by atoms with van der Waals surface area (Å²) in [5.74, 6) is 0. The fourth-order valence-corrected chi connectivity index (χ4v) is 8.42. The molecule has 6 fully saturated rings. The second kappa shape index (κ2) is 23.5. The van der Waals surface area contributed by atoms with Gasteiger partial charge in [0, 0.05) is 0 Å². The fourth-order valence-electron chi connectivity index (χ4n) is 8.42. The topological polar surface area (TPSA) is 506 Å². The Morgan fingerprint density at radius 1 is 0.254 bits per heavy atom. The standard InChI is InChI=1S/C36H62O31/c37-1-7-13(42)15(44)22(51)33(59-7)65-29-10(4-40)62-36(26(55)19(29)48)67-28-9(3-39)60-32(24(53)18(28)47)57-6-12-14(43)16(45)23(52)34(63-12)66-30-11(5-41)61-35(25(54)20(30)49)64-27-8(2-38)58-31(56)21(50)17(27)46/h7-56H,1-6H2/t7-,8-,9-,10-,11-,12-,13-,14-,15+,16+,17-,18-,19-,20-,21-,22-,23-,24-,25-,26-,27-,28-,29-,30-,31+,32+,33-,34-,35-,36-/m1/s1. The first-order valence-corrected chi connectivity index (χ1v) is 21.1. The molecule has 6 saturated heterocycles. The van der Waals surface area contributed by atoms with Crippen LogP contribution in [0, 0.1) is 0 Å².